The smallest absolute Gasteiger partial charge is 0.0731 e. The van der Waals surface area contributed by atoms with Crippen LogP contribution in [0, 0.1) is 13.8 Å². The number of thiophene rings is 2. The third kappa shape index (κ3) is 2.81. The van der Waals surface area contributed by atoms with E-state index in [1.54, 1.807) is 11.3 Å². The topological polar surface area (TPSA) is 12.0 Å². The Balaban J connectivity index is 2.39. The summed E-state index contributed by atoms with van der Waals surface area (Å²) >= 11 is 7.22. The van der Waals surface area contributed by atoms with Gasteiger partial charge in [0, 0.05) is 4.88 Å². The molecule has 1 N–H and O–H groups in total. The average Bonchev–Trinajstić information content (AvgIpc) is 2.83. The fourth-order valence-electron chi connectivity index (χ4n) is 1.86. The van der Waals surface area contributed by atoms with Gasteiger partial charge in [-0.2, -0.15) is 11.3 Å². The zero-order chi connectivity index (χ0) is 12.4. The zero-order valence-corrected chi connectivity index (χ0v) is 13.4. The summed E-state index contributed by atoms with van der Waals surface area (Å²) in [4.78, 5) is 1.39. The molecule has 0 aliphatic rings. The molecule has 2 aromatic rings. The van der Waals surface area contributed by atoms with Crippen molar-refractivity contribution in [1.29, 1.82) is 0 Å². The van der Waals surface area contributed by atoms with Crippen molar-refractivity contribution in [1.82, 2.24) is 5.32 Å². The minimum atomic E-state index is 0.334. The van der Waals surface area contributed by atoms with Crippen LogP contribution in [-0.4, -0.2) is 6.54 Å². The van der Waals surface area contributed by atoms with Gasteiger partial charge in [0.15, 0.2) is 0 Å². The van der Waals surface area contributed by atoms with Crippen LogP contribution < -0.4 is 5.32 Å². The van der Waals surface area contributed by atoms with Crippen molar-refractivity contribution in [2.45, 2.75) is 26.8 Å². The van der Waals surface area contributed by atoms with Crippen molar-refractivity contribution >= 4 is 38.6 Å². The van der Waals surface area contributed by atoms with E-state index in [1.165, 1.54) is 25.4 Å². The highest BCUT2D eigenvalue weighted by Gasteiger charge is 2.18. The lowest BCUT2D eigenvalue weighted by Crippen LogP contribution is -2.21. The van der Waals surface area contributed by atoms with Gasteiger partial charge in [-0.1, -0.05) is 6.92 Å². The van der Waals surface area contributed by atoms with Gasteiger partial charge in [-0.3, -0.25) is 0 Å². The Bertz CT molecular complexity index is 482. The van der Waals surface area contributed by atoms with E-state index in [4.69, 9.17) is 0 Å². The number of nitrogens with one attached hydrogen (secondary N) is 1. The molecule has 2 heterocycles. The summed E-state index contributed by atoms with van der Waals surface area (Å²) in [6.45, 7) is 7.47. The van der Waals surface area contributed by atoms with E-state index < -0.39 is 0 Å². The average molecular weight is 330 g/mol. The van der Waals surface area contributed by atoms with Crippen LogP contribution in [0.15, 0.2) is 20.6 Å². The lowest BCUT2D eigenvalue weighted by molar-refractivity contribution is 0.638. The molecule has 92 valence electrons. The molecule has 17 heavy (non-hydrogen) atoms. The zero-order valence-electron chi connectivity index (χ0n) is 10.2. The summed E-state index contributed by atoms with van der Waals surface area (Å²) < 4.78 is 1.24. The summed E-state index contributed by atoms with van der Waals surface area (Å²) in [5, 5.41) is 8.05. The Morgan fingerprint density at radius 1 is 1.29 bits per heavy atom. The van der Waals surface area contributed by atoms with Crippen molar-refractivity contribution in [3.63, 3.8) is 0 Å². The first-order chi connectivity index (χ1) is 8.13. The summed E-state index contributed by atoms with van der Waals surface area (Å²) in [7, 11) is 0. The molecule has 1 atom stereocenters. The van der Waals surface area contributed by atoms with Gasteiger partial charge in [0.1, 0.15) is 0 Å². The highest BCUT2D eigenvalue weighted by molar-refractivity contribution is 9.11. The molecule has 0 aromatic carbocycles. The summed E-state index contributed by atoms with van der Waals surface area (Å²) in [5.41, 5.74) is 4.11. The fourth-order valence-corrected chi connectivity index (χ4v) is 4.40. The minimum Gasteiger partial charge on any atom is -0.306 e. The molecule has 4 heteroatoms. The van der Waals surface area contributed by atoms with Crippen LogP contribution in [0.5, 0.6) is 0 Å². The Labute approximate surface area is 119 Å². The standard InChI is InChI=1S/C13H16BrNS2/c1-4-15-12(10-7-16-6-9(10)3)11-5-8(2)13(14)17-11/h5-7,12,15H,4H2,1-3H3. The van der Waals surface area contributed by atoms with Gasteiger partial charge in [0.05, 0.1) is 9.83 Å². The number of hydrogen-bond acceptors (Lipinski definition) is 3. The summed E-state index contributed by atoms with van der Waals surface area (Å²) in [6.07, 6.45) is 0. The summed E-state index contributed by atoms with van der Waals surface area (Å²) in [5.74, 6) is 0. The molecule has 1 unspecified atom stereocenters. The predicted octanol–water partition coefficient (Wildman–Crippen LogP) is 4.89. The van der Waals surface area contributed by atoms with Crippen LogP contribution in [-0.2, 0) is 0 Å². The van der Waals surface area contributed by atoms with Crippen LogP contribution in [0.3, 0.4) is 0 Å². The molecule has 0 spiro atoms. The van der Waals surface area contributed by atoms with E-state index in [2.05, 4.69) is 58.8 Å². The van der Waals surface area contributed by atoms with Crippen LogP contribution in [0.25, 0.3) is 0 Å². The second-order valence-electron chi connectivity index (χ2n) is 4.11. The molecular weight excluding hydrogens is 314 g/mol. The first-order valence-electron chi connectivity index (χ1n) is 5.65. The quantitative estimate of drug-likeness (QED) is 0.842. The van der Waals surface area contributed by atoms with E-state index in [0.29, 0.717) is 6.04 Å². The molecule has 0 aliphatic heterocycles. The number of halogens is 1. The van der Waals surface area contributed by atoms with Crippen molar-refractivity contribution in [3.8, 4) is 0 Å². The molecule has 0 aliphatic carbocycles. The molecule has 2 rings (SSSR count). The molecule has 1 nitrogen and oxygen atoms in total. The van der Waals surface area contributed by atoms with E-state index in [-0.39, 0.29) is 0 Å². The maximum Gasteiger partial charge on any atom is 0.0731 e. The van der Waals surface area contributed by atoms with Gasteiger partial charge in [0.2, 0.25) is 0 Å². The van der Waals surface area contributed by atoms with Gasteiger partial charge in [-0.25, -0.2) is 0 Å². The van der Waals surface area contributed by atoms with Gasteiger partial charge in [-0.05, 0) is 69.8 Å². The van der Waals surface area contributed by atoms with Gasteiger partial charge in [-0.15, -0.1) is 11.3 Å². The van der Waals surface area contributed by atoms with Crippen molar-refractivity contribution in [2.24, 2.45) is 0 Å². The number of hydrogen-bond donors (Lipinski definition) is 1. The molecule has 2 aromatic heterocycles. The normalized spacial score (nSPS) is 12.9. The van der Waals surface area contributed by atoms with E-state index in [0.717, 1.165) is 6.54 Å². The predicted molar refractivity (Wildman–Crippen MR) is 81.3 cm³/mol. The SMILES string of the molecule is CCNC(c1cc(C)c(Br)s1)c1cscc1C. The highest BCUT2D eigenvalue weighted by atomic mass is 79.9. The number of aryl methyl sites for hydroxylation is 2. The first-order valence-corrected chi connectivity index (χ1v) is 8.20. The second-order valence-corrected chi connectivity index (χ2v) is 7.25. The lowest BCUT2D eigenvalue weighted by Gasteiger charge is -2.16. The van der Waals surface area contributed by atoms with Gasteiger partial charge in [0.25, 0.3) is 0 Å². The molecule has 0 fully saturated rings. The third-order valence-electron chi connectivity index (χ3n) is 2.78. The van der Waals surface area contributed by atoms with Crippen LogP contribution >= 0.6 is 38.6 Å². The van der Waals surface area contributed by atoms with Crippen molar-refractivity contribution in [2.75, 3.05) is 6.54 Å². The maximum atomic E-state index is 3.61. The van der Waals surface area contributed by atoms with E-state index >= 15 is 0 Å². The molecule has 0 saturated carbocycles. The molecule has 0 bridgehead atoms. The van der Waals surface area contributed by atoms with Crippen LogP contribution in [0.4, 0.5) is 0 Å². The van der Waals surface area contributed by atoms with E-state index in [1.807, 2.05) is 11.3 Å². The third-order valence-corrected chi connectivity index (χ3v) is 5.86. The van der Waals surface area contributed by atoms with Crippen molar-refractivity contribution < 1.29 is 0 Å². The van der Waals surface area contributed by atoms with E-state index in [9.17, 15) is 0 Å². The molecule has 0 saturated heterocycles. The van der Waals surface area contributed by atoms with Gasteiger partial charge < -0.3 is 5.32 Å². The van der Waals surface area contributed by atoms with Crippen LogP contribution in [0.2, 0.25) is 0 Å². The fraction of sp³-hybridized carbons (Fsp3) is 0.385. The number of rotatable bonds is 4. The molecule has 0 radical (unpaired) electrons. The molecule has 0 amide bonds. The lowest BCUT2D eigenvalue weighted by atomic mass is 10.0. The van der Waals surface area contributed by atoms with Crippen molar-refractivity contribution in [3.05, 3.63) is 42.2 Å². The second kappa shape index (κ2) is 5.65. The van der Waals surface area contributed by atoms with Gasteiger partial charge >= 0.3 is 0 Å². The Hall–Kier alpha value is -0.160. The van der Waals surface area contributed by atoms with Crippen LogP contribution in [0.1, 0.15) is 34.5 Å². The first kappa shape index (κ1) is 13.3. The maximum absolute atomic E-state index is 3.61. The Morgan fingerprint density at radius 3 is 2.53 bits per heavy atom. The monoisotopic (exact) mass is 329 g/mol. The minimum absolute atomic E-state index is 0.334. The molecular formula is C13H16BrNS2. The Morgan fingerprint density at radius 2 is 2.06 bits per heavy atom. The summed E-state index contributed by atoms with van der Waals surface area (Å²) in [6, 6.07) is 2.61. The highest BCUT2D eigenvalue weighted by Crippen LogP contribution is 2.36. The largest absolute Gasteiger partial charge is 0.306 e. The Kier molecular flexibility index (Phi) is 4.42.